The Labute approximate surface area is 159 Å². The van der Waals surface area contributed by atoms with Crippen LogP contribution in [-0.2, 0) is 4.84 Å². The molecule has 3 aromatic rings. The van der Waals surface area contributed by atoms with Gasteiger partial charge in [0.15, 0.2) is 0 Å². The topological polar surface area (TPSA) is 94.7 Å². The summed E-state index contributed by atoms with van der Waals surface area (Å²) in [5.41, 5.74) is 1.62. The Kier molecular flexibility index (Phi) is 5.53. The quantitative estimate of drug-likeness (QED) is 0.285. The summed E-state index contributed by atoms with van der Waals surface area (Å²) >= 11 is 5.99. The van der Waals surface area contributed by atoms with Crippen LogP contribution >= 0.6 is 11.6 Å². The number of carbonyl (C=O) groups excluding carboxylic acids is 1. The van der Waals surface area contributed by atoms with Crippen LogP contribution in [0.15, 0.2) is 78.2 Å². The first kappa shape index (κ1) is 18.2. The molecule has 8 heteroatoms. The Hall–Kier alpha value is -3.58. The van der Waals surface area contributed by atoms with Gasteiger partial charge in [-0.1, -0.05) is 28.9 Å². The number of aromatic nitrogens is 1. The predicted molar refractivity (Wildman–Crippen MR) is 99.8 cm³/mol. The third-order valence-electron chi connectivity index (χ3n) is 3.62. The third kappa shape index (κ3) is 4.34. The standard InChI is InChI=1S/C19H12ClN3O4/c20-17-4-2-1-3-16(17)19(24)27-22-18(14-9-11-21-12-10-14)13-5-7-15(8-6-13)23(25)26/h1-12H. The van der Waals surface area contributed by atoms with E-state index in [2.05, 4.69) is 10.1 Å². The fourth-order valence-corrected chi connectivity index (χ4v) is 2.50. The van der Waals surface area contributed by atoms with E-state index in [-0.39, 0.29) is 16.3 Å². The lowest BCUT2D eigenvalue weighted by atomic mass is 10.0. The molecule has 0 saturated heterocycles. The number of halogens is 1. The van der Waals surface area contributed by atoms with Gasteiger partial charge in [0.1, 0.15) is 5.71 Å². The molecule has 0 aliphatic heterocycles. The van der Waals surface area contributed by atoms with Gasteiger partial charge in [0, 0.05) is 35.7 Å². The molecule has 1 heterocycles. The molecule has 0 aliphatic carbocycles. The summed E-state index contributed by atoms with van der Waals surface area (Å²) in [6.07, 6.45) is 3.12. The van der Waals surface area contributed by atoms with Crippen molar-refractivity contribution in [3.05, 3.63) is 105 Å². The zero-order valence-corrected chi connectivity index (χ0v) is 14.5. The van der Waals surface area contributed by atoms with Crippen molar-refractivity contribution in [3.8, 4) is 0 Å². The Morgan fingerprint density at radius 1 is 1.00 bits per heavy atom. The maximum Gasteiger partial charge on any atom is 0.367 e. The van der Waals surface area contributed by atoms with Crippen molar-refractivity contribution in [1.29, 1.82) is 0 Å². The molecule has 0 spiro atoms. The molecule has 0 atom stereocenters. The van der Waals surface area contributed by atoms with E-state index in [0.29, 0.717) is 16.8 Å². The third-order valence-corrected chi connectivity index (χ3v) is 3.95. The van der Waals surface area contributed by atoms with Crippen LogP contribution in [0.2, 0.25) is 5.02 Å². The SMILES string of the molecule is O=C(ON=C(c1ccncc1)c1ccc([N+](=O)[O-])cc1)c1ccccc1Cl. The van der Waals surface area contributed by atoms with Gasteiger partial charge in [-0.25, -0.2) is 4.79 Å². The van der Waals surface area contributed by atoms with Crippen LogP contribution < -0.4 is 0 Å². The number of carbonyl (C=O) groups is 1. The van der Waals surface area contributed by atoms with Gasteiger partial charge in [0.25, 0.3) is 5.69 Å². The highest BCUT2D eigenvalue weighted by Gasteiger charge is 2.15. The van der Waals surface area contributed by atoms with Gasteiger partial charge in [-0.05, 0) is 36.4 Å². The van der Waals surface area contributed by atoms with E-state index in [1.165, 1.54) is 30.3 Å². The first-order valence-corrected chi connectivity index (χ1v) is 8.13. The molecular weight excluding hydrogens is 370 g/mol. The van der Waals surface area contributed by atoms with Crippen LogP contribution in [0.4, 0.5) is 5.69 Å². The number of non-ortho nitro benzene ring substituents is 1. The summed E-state index contributed by atoms with van der Waals surface area (Å²) < 4.78 is 0. The normalized spacial score (nSPS) is 11.1. The van der Waals surface area contributed by atoms with E-state index in [4.69, 9.17) is 16.4 Å². The molecule has 0 fully saturated rings. The monoisotopic (exact) mass is 381 g/mol. The van der Waals surface area contributed by atoms with E-state index < -0.39 is 10.9 Å². The van der Waals surface area contributed by atoms with Crippen molar-refractivity contribution >= 4 is 29.0 Å². The van der Waals surface area contributed by atoms with E-state index >= 15 is 0 Å². The zero-order valence-electron chi connectivity index (χ0n) is 13.8. The highest BCUT2D eigenvalue weighted by Crippen LogP contribution is 2.18. The Morgan fingerprint density at radius 2 is 1.63 bits per heavy atom. The molecule has 0 N–H and O–H groups in total. The number of hydrogen-bond donors (Lipinski definition) is 0. The molecule has 0 amide bonds. The molecule has 1 aromatic heterocycles. The van der Waals surface area contributed by atoms with Gasteiger partial charge < -0.3 is 4.84 Å². The summed E-state index contributed by atoms with van der Waals surface area (Å²) in [5.74, 6) is -0.714. The molecule has 0 aliphatic rings. The number of oxime groups is 1. The molecule has 7 nitrogen and oxygen atoms in total. The molecule has 0 saturated carbocycles. The van der Waals surface area contributed by atoms with E-state index in [1.54, 1.807) is 42.7 Å². The van der Waals surface area contributed by atoms with E-state index in [1.807, 2.05) is 0 Å². The van der Waals surface area contributed by atoms with Crippen molar-refractivity contribution in [3.63, 3.8) is 0 Å². The van der Waals surface area contributed by atoms with Gasteiger partial charge in [-0.2, -0.15) is 0 Å². The largest absolute Gasteiger partial charge is 0.367 e. The number of pyridine rings is 1. The average molecular weight is 382 g/mol. The van der Waals surface area contributed by atoms with Gasteiger partial charge in [0.2, 0.25) is 0 Å². The van der Waals surface area contributed by atoms with Crippen LogP contribution in [0.3, 0.4) is 0 Å². The molecule has 134 valence electrons. The average Bonchev–Trinajstić information content (AvgIpc) is 2.69. The van der Waals surface area contributed by atoms with Crippen LogP contribution in [-0.4, -0.2) is 21.6 Å². The van der Waals surface area contributed by atoms with Gasteiger partial charge in [-0.15, -0.1) is 0 Å². The minimum Gasteiger partial charge on any atom is -0.312 e. The summed E-state index contributed by atoms with van der Waals surface area (Å²) in [5, 5.41) is 15.1. The van der Waals surface area contributed by atoms with Crippen LogP contribution in [0.25, 0.3) is 0 Å². The second-order valence-corrected chi connectivity index (χ2v) is 5.75. The molecular formula is C19H12ClN3O4. The van der Waals surface area contributed by atoms with Crippen LogP contribution in [0.5, 0.6) is 0 Å². The maximum atomic E-state index is 12.3. The van der Waals surface area contributed by atoms with Crippen molar-refractivity contribution < 1.29 is 14.6 Å². The zero-order chi connectivity index (χ0) is 19.2. The second kappa shape index (κ2) is 8.20. The number of rotatable bonds is 5. The number of nitro groups is 1. The lowest BCUT2D eigenvalue weighted by molar-refractivity contribution is -0.384. The van der Waals surface area contributed by atoms with Crippen LogP contribution in [0, 0.1) is 10.1 Å². The first-order chi connectivity index (χ1) is 13.1. The highest BCUT2D eigenvalue weighted by atomic mass is 35.5. The minimum absolute atomic E-state index is 0.0547. The summed E-state index contributed by atoms with van der Waals surface area (Å²) in [6.45, 7) is 0. The molecule has 0 unspecified atom stereocenters. The van der Waals surface area contributed by atoms with Gasteiger partial charge in [0.05, 0.1) is 15.5 Å². The Morgan fingerprint density at radius 3 is 2.26 bits per heavy atom. The predicted octanol–water partition coefficient (Wildman–Crippen LogP) is 4.25. The maximum absolute atomic E-state index is 12.3. The number of nitrogens with zero attached hydrogens (tertiary/aromatic N) is 3. The molecule has 27 heavy (non-hydrogen) atoms. The molecule has 0 radical (unpaired) electrons. The molecule has 3 rings (SSSR count). The number of nitro benzene ring substituents is 1. The number of benzene rings is 2. The highest BCUT2D eigenvalue weighted by molar-refractivity contribution is 6.33. The summed E-state index contributed by atoms with van der Waals surface area (Å²) in [6, 6.07) is 15.6. The lowest BCUT2D eigenvalue weighted by Crippen LogP contribution is -2.08. The lowest BCUT2D eigenvalue weighted by Gasteiger charge is -2.07. The Balaban J connectivity index is 1.95. The van der Waals surface area contributed by atoms with Crippen LogP contribution in [0.1, 0.15) is 21.5 Å². The van der Waals surface area contributed by atoms with Crippen molar-refractivity contribution in [2.45, 2.75) is 0 Å². The molecule has 2 aromatic carbocycles. The Bertz CT molecular complexity index is 1000. The first-order valence-electron chi connectivity index (χ1n) is 7.75. The summed E-state index contributed by atoms with van der Waals surface area (Å²) in [4.78, 5) is 31.6. The minimum atomic E-state index is -0.714. The summed E-state index contributed by atoms with van der Waals surface area (Å²) in [7, 11) is 0. The number of hydrogen-bond acceptors (Lipinski definition) is 6. The van der Waals surface area contributed by atoms with Crippen molar-refractivity contribution in [2.24, 2.45) is 5.16 Å². The fourth-order valence-electron chi connectivity index (χ4n) is 2.29. The van der Waals surface area contributed by atoms with E-state index in [9.17, 15) is 14.9 Å². The van der Waals surface area contributed by atoms with E-state index in [0.717, 1.165) is 0 Å². The fraction of sp³-hybridized carbons (Fsp3) is 0. The van der Waals surface area contributed by atoms with Crippen molar-refractivity contribution in [1.82, 2.24) is 4.98 Å². The van der Waals surface area contributed by atoms with Crippen molar-refractivity contribution in [2.75, 3.05) is 0 Å². The molecule has 0 bridgehead atoms. The smallest absolute Gasteiger partial charge is 0.312 e. The second-order valence-electron chi connectivity index (χ2n) is 5.34. The van der Waals surface area contributed by atoms with Gasteiger partial charge in [-0.3, -0.25) is 15.1 Å². The van der Waals surface area contributed by atoms with Gasteiger partial charge >= 0.3 is 5.97 Å².